The number of ketones is 2. The van der Waals surface area contributed by atoms with E-state index in [0.29, 0.717) is 10.6 Å². The third-order valence-electron chi connectivity index (χ3n) is 2.37. The summed E-state index contributed by atoms with van der Waals surface area (Å²) in [6.45, 7) is 0. The Morgan fingerprint density at radius 1 is 0.667 bits per heavy atom. The third kappa shape index (κ3) is 2.21. The van der Waals surface area contributed by atoms with Gasteiger partial charge >= 0.3 is 0 Å². The average molecular weight is 322 g/mol. The topological polar surface area (TPSA) is 34.1 Å². The summed E-state index contributed by atoms with van der Waals surface area (Å²) in [6, 6.07) is 6.32. The summed E-state index contributed by atoms with van der Waals surface area (Å²) in [5.74, 6) is -1.23. The molecule has 1 aromatic rings. The first kappa shape index (κ1) is 13.6. The van der Waals surface area contributed by atoms with Gasteiger partial charge in [0, 0.05) is 5.02 Å². The first-order valence-electron chi connectivity index (χ1n) is 4.74. The molecule has 1 aliphatic rings. The number of hydrogen-bond acceptors (Lipinski definition) is 2. The number of rotatable bonds is 1. The van der Waals surface area contributed by atoms with Crippen LogP contribution in [0.2, 0.25) is 5.02 Å². The second-order valence-corrected chi connectivity index (χ2v) is 5.05. The summed E-state index contributed by atoms with van der Waals surface area (Å²) in [4.78, 5) is 23.7. The van der Waals surface area contributed by atoms with Gasteiger partial charge in [0.1, 0.15) is 15.1 Å². The number of benzene rings is 1. The molecule has 0 aliphatic heterocycles. The highest BCUT2D eigenvalue weighted by Gasteiger charge is 2.32. The Balaban J connectivity index is 2.60. The molecule has 0 aromatic heterocycles. The van der Waals surface area contributed by atoms with E-state index in [2.05, 4.69) is 0 Å². The van der Waals surface area contributed by atoms with Crippen LogP contribution in [0, 0.1) is 0 Å². The summed E-state index contributed by atoms with van der Waals surface area (Å²) in [6.07, 6.45) is 0. The van der Waals surface area contributed by atoms with Crippen molar-refractivity contribution in [3.8, 4) is 0 Å². The zero-order valence-electron chi connectivity index (χ0n) is 8.64. The van der Waals surface area contributed by atoms with Crippen molar-refractivity contribution in [1.29, 1.82) is 0 Å². The van der Waals surface area contributed by atoms with E-state index >= 15 is 0 Å². The number of allylic oxidation sites excluding steroid dienone is 4. The highest BCUT2D eigenvalue weighted by molar-refractivity contribution is 6.68. The van der Waals surface area contributed by atoms with Gasteiger partial charge in [0.2, 0.25) is 11.6 Å². The normalized spacial score (nSPS) is 16.7. The SMILES string of the molecule is O=C1C(Cl)=C(Cl)C(=O)C(c2ccc(Cl)cc2)=C1Cl. The van der Waals surface area contributed by atoms with Crippen molar-refractivity contribution < 1.29 is 9.59 Å². The molecule has 0 spiro atoms. The quantitative estimate of drug-likeness (QED) is 0.729. The Bertz CT molecular complexity index is 611. The lowest BCUT2D eigenvalue weighted by Crippen LogP contribution is -2.16. The molecule has 1 aliphatic carbocycles. The van der Waals surface area contributed by atoms with Crippen LogP contribution in [-0.4, -0.2) is 11.6 Å². The molecule has 92 valence electrons. The molecular weight excluding hydrogens is 318 g/mol. The van der Waals surface area contributed by atoms with Crippen molar-refractivity contribution in [2.45, 2.75) is 0 Å². The molecule has 0 saturated heterocycles. The van der Waals surface area contributed by atoms with Crippen molar-refractivity contribution >= 4 is 63.5 Å². The first-order chi connectivity index (χ1) is 8.43. The monoisotopic (exact) mass is 320 g/mol. The molecular formula is C12H4Cl4O2. The van der Waals surface area contributed by atoms with Crippen LogP contribution in [0.15, 0.2) is 39.4 Å². The first-order valence-corrected chi connectivity index (χ1v) is 6.25. The molecule has 0 atom stereocenters. The van der Waals surface area contributed by atoms with Crippen molar-refractivity contribution in [2.75, 3.05) is 0 Å². The fraction of sp³-hybridized carbons (Fsp3) is 0. The van der Waals surface area contributed by atoms with Gasteiger partial charge in [-0.1, -0.05) is 58.5 Å². The molecule has 2 nitrogen and oxygen atoms in total. The zero-order valence-corrected chi connectivity index (χ0v) is 11.7. The van der Waals surface area contributed by atoms with Crippen LogP contribution >= 0.6 is 46.4 Å². The van der Waals surface area contributed by atoms with Gasteiger partial charge in [-0.3, -0.25) is 9.59 Å². The Labute approximate surface area is 123 Å². The predicted molar refractivity (Wildman–Crippen MR) is 73.0 cm³/mol. The molecule has 0 radical (unpaired) electrons. The summed E-state index contributed by atoms with van der Waals surface area (Å²) in [7, 11) is 0. The second-order valence-electron chi connectivity index (χ2n) is 3.48. The van der Waals surface area contributed by atoms with Crippen molar-refractivity contribution in [1.82, 2.24) is 0 Å². The van der Waals surface area contributed by atoms with Gasteiger partial charge in [-0.15, -0.1) is 0 Å². The van der Waals surface area contributed by atoms with Crippen LogP contribution in [0.25, 0.3) is 5.57 Å². The Morgan fingerprint density at radius 3 is 1.72 bits per heavy atom. The maximum Gasteiger partial charge on any atom is 0.218 e. The Kier molecular flexibility index (Phi) is 3.83. The van der Waals surface area contributed by atoms with Crippen molar-refractivity contribution in [3.05, 3.63) is 49.9 Å². The van der Waals surface area contributed by atoms with Gasteiger partial charge in [0.25, 0.3) is 0 Å². The van der Waals surface area contributed by atoms with E-state index in [1.807, 2.05) is 0 Å². The summed E-state index contributed by atoms with van der Waals surface area (Å²) < 4.78 is 0. The maximum absolute atomic E-state index is 12.0. The van der Waals surface area contributed by atoms with Crippen LogP contribution in [0.3, 0.4) is 0 Å². The largest absolute Gasteiger partial charge is 0.287 e. The lowest BCUT2D eigenvalue weighted by molar-refractivity contribution is -0.114. The van der Waals surface area contributed by atoms with E-state index in [1.54, 1.807) is 24.3 Å². The van der Waals surface area contributed by atoms with E-state index in [9.17, 15) is 9.59 Å². The highest BCUT2D eigenvalue weighted by atomic mass is 35.5. The van der Waals surface area contributed by atoms with Crippen LogP contribution in [-0.2, 0) is 9.59 Å². The van der Waals surface area contributed by atoms with Gasteiger partial charge in [-0.2, -0.15) is 0 Å². The van der Waals surface area contributed by atoms with E-state index in [4.69, 9.17) is 46.4 Å². The molecule has 2 rings (SSSR count). The lowest BCUT2D eigenvalue weighted by Gasteiger charge is -2.14. The minimum absolute atomic E-state index is 0.0349. The molecule has 0 N–H and O–H groups in total. The van der Waals surface area contributed by atoms with Gasteiger partial charge < -0.3 is 0 Å². The van der Waals surface area contributed by atoms with Crippen LogP contribution < -0.4 is 0 Å². The zero-order chi connectivity index (χ0) is 13.4. The fourth-order valence-corrected chi connectivity index (χ4v) is 2.32. The molecule has 0 unspecified atom stereocenters. The predicted octanol–water partition coefficient (Wildman–Crippen LogP) is 4.13. The second kappa shape index (κ2) is 5.06. The smallest absolute Gasteiger partial charge is 0.218 e. The highest BCUT2D eigenvalue weighted by Crippen LogP contribution is 2.36. The van der Waals surface area contributed by atoms with Crippen molar-refractivity contribution in [3.63, 3.8) is 0 Å². The number of carbonyl (C=O) groups is 2. The number of carbonyl (C=O) groups excluding carboxylic acids is 2. The molecule has 1 aromatic carbocycles. The summed E-state index contributed by atoms with van der Waals surface area (Å²) in [5, 5.41) is -0.415. The van der Waals surface area contributed by atoms with E-state index in [1.165, 1.54) is 0 Å². The molecule has 0 amide bonds. The van der Waals surface area contributed by atoms with Crippen LogP contribution in [0.4, 0.5) is 0 Å². The Hall–Kier alpha value is -0.800. The summed E-state index contributed by atoms with van der Waals surface area (Å²) in [5.41, 5.74) is 0.498. The molecule has 18 heavy (non-hydrogen) atoms. The molecule has 0 heterocycles. The van der Waals surface area contributed by atoms with Gasteiger partial charge in [-0.05, 0) is 17.7 Å². The van der Waals surface area contributed by atoms with E-state index in [0.717, 1.165) is 0 Å². The van der Waals surface area contributed by atoms with Gasteiger partial charge in [0.15, 0.2) is 0 Å². The van der Waals surface area contributed by atoms with Crippen LogP contribution in [0.1, 0.15) is 5.56 Å². The lowest BCUT2D eigenvalue weighted by atomic mass is 9.96. The number of halogens is 4. The number of Topliss-reactive ketones (excluding diaryl/α,β-unsaturated/α-hetero) is 2. The molecule has 0 fully saturated rings. The average Bonchev–Trinajstić information content (AvgIpc) is 2.36. The minimum Gasteiger partial charge on any atom is -0.287 e. The van der Waals surface area contributed by atoms with Gasteiger partial charge in [-0.25, -0.2) is 0 Å². The molecule has 0 saturated carbocycles. The van der Waals surface area contributed by atoms with Crippen LogP contribution in [0.5, 0.6) is 0 Å². The van der Waals surface area contributed by atoms with Gasteiger partial charge in [0.05, 0.1) is 5.57 Å². The third-order valence-corrected chi connectivity index (χ3v) is 3.80. The summed E-state index contributed by atoms with van der Waals surface area (Å²) >= 11 is 22.9. The van der Waals surface area contributed by atoms with E-state index < -0.39 is 11.6 Å². The standard InChI is InChI=1S/C12H4Cl4O2/c13-6-3-1-5(2-4-6)7-8(14)12(18)10(16)9(15)11(7)17/h1-4H. The molecule has 0 bridgehead atoms. The fourth-order valence-electron chi connectivity index (χ4n) is 1.49. The Morgan fingerprint density at radius 2 is 1.17 bits per heavy atom. The maximum atomic E-state index is 12.0. The molecule has 6 heteroatoms. The minimum atomic E-state index is -0.659. The van der Waals surface area contributed by atoms with Crippen molar-refractivity contribution in [2.24, 2.45) is 0 Å². The number of hydrogen-bond donors (Lipinski definition) is 0. The van der Waals surface area contributed by atoms with E-state index in [-0.39, 0.29) is 20.7 Å².